The van der Waals surface area contributed by atoms with Gasteiger partial charge >= 0.3 is 0 Å². The third-order valence-electron chi connectivity index (χ3n) is 4.22. The molecule has 0 N–H and O–H groups in total. The average Bonchev–Trinajstić information content (AvgIpc) is 2.93. The van der Waals surface area contributed by atoms with Gasteiger partial charge in [-0.05, 0) is 30.5 Å². The number of carbonyl (C=O) groups excluding carboxylic acids is 1. The number of fused-ring (bicyclic) bond motifs is 3. The molecule has 1 aliphatic carbocycles. The number of pyridine rings is 1. The predicted molar refractivity (Wildman–Crippen MR) is 85.4 cm³/mol. The number of carbonyl (C=O) groups is 1. The second-order valence-electron chi connectivity index (χ2n) is 5.71. The van der Waals surface area contributed by atoms with Crippen molar-refractivity contribution < 1.29 is 9.53 Å². The number of ketones is 1. The van der Waals surface area contributed by atoms with E-state index in [1.165, 1.54) is 0 Å². The lowest BCUT2D eigenvalue weighted by Gasteiger charge is -2.11. The Hall–Kier alpha value is -2.55. The largest absolute Gasteiger partial charge is 0.489 e. The monoisotopic (exact) mass is 291 g/mol. The molecule has 4 rings (SSSR count). The topological polar surface area (TPSA) is 30.7 Å². The molecular formula is C19H17NO2. The van der Waals surface area contributed by atoms with Gasteiger partial charge in [0.05, 0.1) is 0 Å². The van der Waals surface area contributed by atoms with Gasteiger partial charge in [-0.15, -0.1) is 0 Å². The first-order valence-corrected chi connectivity index (χ1v) is 7.65. The minimum atomic E-state index is 0.261. The van der Waals surface area contributed by atoms with E-state index in [1.54, 1.807) is 0 Å². The smallest absolute Gasteiger partial charge is 0.164 e. The van der Waals surface area contributed by atoms with Crippen LogP contribution in [0.4, 0.5) is 0 Å². The predicted octanol–water partition coefficient (Wildman–Crippen LogP) is 4.04. The van der Waals surface area contributed by atoms with Crippen molar-refractivity contribution in [1.29, 1.82) is 0 Å². The summed E-state index contributed by atoms with van der Waals surface area (Å²) < 4.78 is 7.97. The van der Waals surface area contributed by atoms with Crippen molar-refractivity contribution in [3.63, 3.8) is 0 Å². The van der Waals surface area contributed by atoms with Crippen LogP contribution < -0.4 is 4.74 Å². The highest BCUT2D eigenvalue weighted by molar-refractivity contribution is 5.99. The second-order valence-corrected chi connectivity index (χ2v) is 5.71. The SMILES string of the molecule is O=C1CCCc2c1cc1cc(OCc3ccccc3)ccn21. The van der Waals surface area contributed by atoms with Crippen LogP contribution in [-0.2, 0) is 13.0 Å². The Balaban J connectivity index is 1.62. The highest BCUT2D eigenvalue weighted by Gasteiger charge is 2.21. The maximum absolute atomic E-state index is 12.0. The van der Waals surface area contributed by atoms with E-state index in [0.717, 1.165) is 40.9 Å². The third kappa shape index (κ3) is 2.29. The molecule has 0 radical (unpaired) electrons. The number of nitrogens with zero attached hydrogens (tertiary/aromatic N) is 1. The van der Waals surface area contributed by atoms with Gasteiger partial charge in [-0.1, -0.05) is 30.3 Å². The van der Waals surface area contributed by atoms with Crippen LogP contribution in [0.3, 0.4) is 0 Å². The zero-order valence-corrected chi connectivity index (χ0v) is 12.3. The molecule has 3 nitrogen and oxygen atoms in total. The highest BCUT2D eigenvalue weighted by atomic mass is 16.5. The van der Waals surface area contributed by atoms with Crippen LogP contribution in [0.25, 0.3) is 5.52 Å². The Morgan fingerprint density at radius 1 is 1.05 bits per heavy atom. The van der Waals surface area contributed by atoms with Gasteiger partial charge in [-0.25, -0.2) is 0 Å². The molecule has 3 heteroatoms. The number of hydrogen-bond donors (Lipinski definition) is 0. The molecule has 0 saturated heterocycles. The number of aromatic nitrogens is 1. The zero-order valence-electron chi connectivity index (χ0n) is 12.3. The maximum Gasteiger partial charge on any atom is 0.164 e. The van der Waals surface area contributed by atoms with Crippen molar-refractivity contribution >= 4 is 11.3 Å². The standard InChI is InChI=1S/C19H17NO2/c21-19-8-4-7-18-17(19)12-15-11-16(9-10-20(15)18)22-13-14-5-2-1-3-6-14/h1-3,5-6,9-12H,4,7-8,13H2. The number of ether oxygens (including phenoxy) is 1. The van der Waals surface area contributed by atoms with Gasteiger partial charge in [-0.3, -0.25) is 4.79 Å². The lowest BCUT2D eigenvalue weighted by Crippen LogP contribution is -2.10. The van der Waals surface area contributed by atoms with Crippen molar-refractivity contribution in [2.75, 3.05) is 0 Å². The van der Waals surface area contributed by atoms with E-state index in [-0.39, 0.29) is 5.78 Å². The van der Waals surface area contributed by atoms with E-state index in [1.807, 2.05) is 54.7 Å². The Bertz CT molecular complexity index is 833. The zero-order chi connectivity index (χ0) is 14.9. The molecule has 0 aliphatic heterocycles. The quantitative estimate of drug-likeness (QED) is 0.729. The Labute approximate surface area is 129 Å². The third-order valence-corrected chi connectivity index (χ3v) is 4.22. The normalized spacial score (nSPS) is 14.1. The van der Waals surface area contributed by atoms with E-state index >= 15 is 0 Å². The summed E-state index contributed by atoms with van der Waals surface area (Å²) in [5, 5.41) is 0. The second kappa shape index (κ2) is 5.34. The first kappa shape index (κ1) is 13.1. The number of rotatable bonds is 3. The molecule has 1 aliphatic rings. The van der Waals surface area contributed by atoms with E-state index in [0.29, 0.717) is 13.0 Å². The number of benzene rings is 1. The summed E-state index contributed by atoms with van der Waals surface area (Å²) in [6.45, 7) is 0.552. The molecule has 3 aromatic rings. The highest BCUT2D eigenvalue weighted by Crippen LogP contribution is 2.27. The molecule has 0 bridgehead atoms. The Morgan fingerprint density at radius 2 is 1.91 bits per heavy atom. The molecule has 0 unspecified atom stereocenters. The summed E-state index contributed by atoms with van der Waals surface area (Å²) in [5.41, 5.74) is 4.20. The van der Waals surface area contributed by atoms with Crippen LogP contribution in [0.5, 0.6) is 5.75 Å². The van der Waals surface area contributed by atoms with E-state index in [2.05, 4.69) is 4.40 Å². The lowest BCUT2D eigenvalue weighted by molar-refractivity contribution is 0.0972. The molecule has 2 heterocycles. The van der Waals surface area contributed by atoms with Gasteiger partial charge in [0.15, 0.2) is 5.78 Å². The molecule has 0 saturated carbocycles. The molecule has 0 fully saturated rings. The van der Waals surface area contributed by atoms with Crippen molar-refractivity contribution in [3.8, 4) is 5.75 Å². The van der Waals surface area contributed by atoms with Crippen LogP contribution in [0.2, 0.25) is 0 Å². The first-order valence-electron chi connectivity index (χ1n) is 7.65. The van der Waals surface area contributed by atoms with E-state index < -0.39 is 0 Å². The molecule has 22 heavy (non-hydrogen) atoms. The number of Topliss-reactive ketones (excluding diaryl/α,β-unsaturated/α-hetero) is 1. The van der Waals surface area contributed by atoms with Gasteiger partial charge in [0, 0.05) is 35.5 Å². The van der Waals surface area contributed by atoms with Crippen molar-refractivity contribution in [1.82, 2.24) is 4.40 Å². The Morgan fingerprint density at radius 3 is 2.77 bits per heavy atom. The molecule has 110 valence electrons. The average molecular weight is 291 g/mol. The minimum absolute atomic E-state index is 0.261. The van der Waals surface area contributed by atoms with Crippen LogP contribution in [0, 0.1) is 0 Å². The fourth-order valence-electron chi connectivity index (χ4n) is 3.09. The van der Waals surface area contributed by atoms with Gasteiger partial charge in [-0.2, -0.15) is 0 Å². The molecule has 0 amide bonds. The summed E-state index contributed by atoms with van der Waals surface area (Å²) in [5.74, 6) is 1.09. The number of aryl methyl sites for hydroxylation is 1. The molecule has 1 aromatic carbocycles. The first-order chi connectivity index (χ1) is 10.8. The summed E-state index contributed by atoms with van der Waals surface area (Å²) in [6.07, 6.45) is 4.60. The summed E-state index contributed by atoms with van der Waals surface area (Å²) in [7, 11) is 0. The van der Waals surface area contributed by atoms with Gasteiger partial charge in [0.25, 0.3) is 0 Å². The van der Waals surface area contributed by atoms with E-state index in [4.69, 9.17) is 4.74 Å². The molecular weight excluding hydrogens is 274 g/mol. The minimum Gasteiger partial charge on any atom is -0.489 e. The molecule has 0 spiro atoms. The van der Waals surface area contributed by atoms with Crippen LogP contribution in [0.1, 0.15) is 34.5 Å². The van der Waals surface area contributed by atoms with Crippen molar-refractivity contribution in [2.24, 2.45) is 0 Å². The maximum atomic E-state index is 12.0. The summed E-state index contributed by atoms with van der Waals surface area (Å²) in [4.78, 5) is 12.0. The van der Waals surface area contributed by atoms with Crippen LogP contribution in [-0.4, -0.2) is 10.2 Å². The van der Waals surface area contributed by atoms with Crippen LogP contribution >= 0.6 is 0 Å². The van der Waals surface area contributed by atoms with E-state index in [9.17, 15) is 4.79 Å². The van der Waals surface area contributed by atoms with Gasteiger partial charge < -0.3 is 9.14 Å². The fourth-order valence-corrected chi connectivity index (χ4v) is 3.09. The summed E-state index contributed by atoms with van der Waals surface area (Å²) in [6, 6.07) is 16.1. The lowest BCUT2D eigenvalue weighted by atomic mass is 9.97. The fraction of sp³-hybridized carbons (Fsp3) is 0.211. The summed E-state index contributed by atoms with van der Waals surface area (Å²) >= 11 is 0. The molecule has 2 aromatic heterocycles. The van der Waals surface area contributed by atoms with Crippen molar-refractivity contribution in [3.05, 3.63) is 71.5 Å². The van der Waals surface area contributed by atoms with Crippen molar-refractivity contribution in [2.45, 2.75) is 25.9 Å². The molecule has 0 atom stereocenters. The Kier molecular flexibility index (Phi) is 3.19. The van der Waals surface area contributed by atoms with Crippen LogP contribution in [0.15, 0.2) is 54.7 Å². The number of hydrogen-bond acceptors (Lipinski definition) is 2. The van der Waals surface area contributed by atoms with Gasteiger partial charge in [0.2, 0.25) is 0 Å². The van der Waals surface area contributed by atoms with Gasteiger partial charge in [0.1, 0.15) is 12.4 Å².